The van der Waals surface area contributed by atoms with Crippen LogP contribution in [0, 0.1) is 5.41 Å². The predicted molar refractivity (Wildman–Crippen MR) is 38.8 cm³/mol. The van der Waals surface area contributed by atoms with Crippen molar-refractivity contribution in [1.29, 1.82) is 0 Å². The number of carbonyl (C=O) groups excluding carboxylic acids is 1. The van der Waals surface area contributed by atoms with E-state index in [-0.39, 0.29) is 5.91 Å². The minimum absolute atomic E-state index is 0.361. The van der Waals surface area contributed by atoms with Crippen molar-refractivity contribution in [3.63, 3.8) is 0 Å². The minimum atomic E-state index is -1.28. The summed E-state index contributed by atoms with van der Waals surface area (Å²) in [5.41, 5.74) is 3.22. The average Bonchev–Trinajstić information content (AvgIpc) is 1.80. The molecule has 0 aliphatic rings. The molecule has 0 saturated carbocycles. The number of hydrogen-bond donors (Lipinski definition) is 3. The Morgan fingerprint density at radius 3 is 1.91 bits per heavy atom. The topological polar surface area (TPSA) is 78.4 Å². The van der Waals surface area contributed by atoms with Crippen LogP contribution in [0.15, 0.2) is 0 Å². The Labute approximate surface area is 64.8 Å². The maximum atomic E-state index is 10.9. The van der Waals surface area contributed by atoms with Crippen LogP contribution in [-0.4, -0.2) is 17.1 Å². The Bertz CT molecular complexity index is 171. The zero-order valence-electron chi connectivity index (χ0n) is 6.76. The van der Waals surface area contributed by atoms with Crippen LogP contribution in [0.2, 0.25) is 0 Å². The third kappa shape index (κ3) is 4.19. The second kappa shape index (κ2) is 3.23. The van der Waals surface area contributed by atoms with Gasteiger partial charge in [0.1, 0.15) is 0 Å². The smallest absolute Gasteiger partial charge is 0.423 e. The lowest BCUT2D eigenvalue weighted by atomic mass is 9.96. The van der Waals surface area contributed by atoms with Gasteiger partial charge in [0.25, 0.3) is 0 Å². The average molecular weight is 160 g/mol. The third-order valence-corrected chi connectivity index (χ3v) is 0.964. The Balaban J connectivity index is 3.80. The molecule has 0 aliphatic carbocycles. The minimum Gasteiger partial charge on any atom is -0.464 e. The van der Waals surface area contributed by atoms with Gasteiger partial charge in [0, 0.05) is 5.41 Å². The van der Waals surface area contributed by atoms with Crippen molar-refractivity contribution in [3.8, 4) is 0 Å². The quantitative estimate of drug-likeness (QED) is 0.447. The zero-order valence-corrected chi connectivity index (χ0v) is 6.76. The van der Waals surface area contributed by atoms with E-state index in [4.69, 9.17) is 5.11 Å². The summed E-state index contributed by atoms with van der Waals surface area (Å²) in [7, 11) is 0. The first-order chi connectivity index (χ1) is 4.84. The first kappa shape index (κ1) is 9.74. The molecule has 0 aromatic rings. The second-order valence-corrected chi connectivity index (χ2v) is 3.13. The van der Waals surface area contributed by atoms with Crippen LogP contribution in [0.25, 0.3) is 0 Å². The second-order valence-electron chi connectivity index (χ2n) is 3.13. The first-order valence-electron chi connectivity index (χ1n) is 3.13. The Hall–Kier alpha value is -1.26. The van der Waals surface area contributed by atoms with E-state index in [9.17, 15) is 9.59 Å². The van der Waals surface area contributed by atoms with E-state index in [1.54, 1.807) is 26.2 Å². The highest BCUT2D eigenvalue weighted by Gasteiger charge is 2.20. The van der Waals surface area contributed by atoms with Gasteiger partial charge in [-0.2, -0.15) is 0 Å². The van der Waals surface area contributed by atoms with Crippen LogP contribution < -0.4 is 10.9 Å². The fourth-order valence-electron chi connectivity index (χ4n) is 0.298. The van der Waals surface area contributed by atoms with Gasteiger partial charge < -0.3 is 5.11 Å². The molecule has 0 spiro atoms. The molecule has 0 aliphatic heterocycles. The van der Waals surface area contributed by atoms with Gasteiger partial charge >= 0.3 is 6.09 Å². The van der Waals surface area contributed by atoms with E-state index >= 15 is 0 Å². The molecule has 5 nitrogen and oxygen atoms in total. The SMILES string of the molecule is CC(C)(C)C(=O)NNC(=O)O. The van der Waals surface area contributed by atoms with E-state index < -0.39 is 11.5 Å². The molecule has 3 N–H and O–H groups in total. The van der Waals surface area contributed by atoms with Crippen LogP contribution in [0.1, 0.15) is 20.8 Å². The molecule has 0 aromatic heterocycles. The van der Waals surface area contributed by atoms with Crippen molar-refractivity contribution in [2.45, 2.75) is 20.8 Å². The maximum Gasteiger partial charge on any atom is 0.423 e. The summed E-state index contributed by atoms with van der Waals surface area (Å²) in [6.45, 7) is 5.06. The number of hydrogen-bond acceptors (Lipinski definition) is 2. The lowest BCUT2D eigenvalue weighted by molar-refractivity contribution is -0.129. The van der Waals surface area contributed by atoms with Crippen LogP contribution in [0.5, 0.6) is 0 Å². The molecule has 11 heavy (non-hydrogen) atoms. The Morgan fingerprint density at radius 2 is 1.64 bits per heavy atom. The third-order valence-electron chi connectivity index (χ3n) is 0.964. The normalized spacial score (nSPS) is 10.5. The van der Waals surface area contributed by atoms with E-state index in [2.05, 4.69) is 0 Å². The van der Waals surface area contributed by atoms with Crippen LogP contribution >= 0.6 is 0 Å². The lowest BCUT2D eigenvalue weighted by Gasteiger charge is -2.16. The predicted octanol–water partition coefficient (Wildman–Crippen LogP) is 0.331. The summed E-state index contributed by atoms with van der Waals surface area (Å²) in [5, 5.41) is 8.10. The lowest BCUT2D eigenvalue weighted by Crippen LogP contribution is -2.46. The molecule has 0 aromatic carbocycles. The van der Waals surface area contributed by atoms with Crippen LogP contribution in [0.3, 0.4) is 0 Å². The van der Waals surface area contributed by atoms with Crippen molar-refractivity contribution in [1.82, 2.24) is 10.9 Å². The van der Waals surface area contributed by atoms with Gasteiger partial charge in [-0.15, -0.1) is 0 Å². The van der Waals surface area contributed by atoms with Crippen LogP contribution in [0.4, 0.5) is 4.79 Å². The van der Waals surface area contributed by atoms with Crippen molar-refractivity contribution < 1.29 is 14.7 Å². The van der Waals surface area contributed by atoms with Gasteiger partial charge in [-0.1, -0.05) is 20.8 Å². The Morgan fingerprint density at radius 1 is 1.18 bits per heavy atom. The van der Waals surface area contributed by atoms with E-state index in [1.165, 1.54) is 0 Å². The highest BCUT2D eigenvalue weighted by atomic mass is 16.4. The van der Waals surface area contributed by atoms with E-state index in [1.807, 2.05) is 5.43 Å². The number of carbonyl (C=O) groups is 2. The fraction of sp³-hybridized carbons (Fsp3) is 0.667. The molecule has 0 heterocycles. The monoisotopic (exact) mass is 160 g/mol. The highest BCUT2D eigenvalue weighted by Crippen LogP contribution is 2.11. The van der Waals surface area contributed by atoms with Gasteiger partial charge in [0.15, 0.2) is 0 Å². The highest BCUT2D eigenvalue weighted by molar-refractivity contribution is 5.82. The summed E-state index contributed by atoms with van der Waals surface area (Å²) in [4.78, 5) is 20.8. The maximum absolute atomic E-state index is 10.9. The molecule has 0 saturated heterocycles. The largest absolute Gasteiger partial charge is 0.464 e. The molecule has 64 valence electrons. The molecule has 0 bridgehead atoms. The van der Waals surface area contributed by atoms with E-state index in [0.29, 0.717) is 0 Å². The summed E-state index contributed by atoms with van der Waals surface area (Å²) >= 11 is 0. The molecule has 0 unspecified atom stereocenters. The van der Waals surface area contributed by atoms with Gasteiger partial charge in [0.2, 0.25) is 5.91 Å². The summed E-state index contributed by atoms with van der Waals surface area (Å²) in [6, 6.07) is 0. The zero-order chi connectivity index (χ0) is 9.07. The van der Waals surface area contributed by atoms with Gasteiger partial charge in [-0.05, 0) is 0 Å². The molecule has 0 rings (SSSR count). The van der Waals surface area contributed by atoms with Crippen molar-refractivity contribution >= 4 is 12.0 Å². The summed E-state index contributed by atoms with van der Waals surface area (Å²) < 4.78 is 0. The van der Waals surface area contributed by atoms with Gasteiger partial charge in [-0.25, -0.2) is 10.2 Å². The standard InChI is InChI=1S/C6H12N2O3/c1-6(2,3)4(9)7-8-5(10)11/h8H,1-3H3,(H,7,9)(H,10,11). The van der Waals surface area contributed by atoms with Gasteiger partial charge in [0.05, 0.1) is 0 Å². The molecular weight excluding hydrogens is 148 g/mol. The number of carboxylic acid groups (broad SMARTS) is 1. The fourth-order valence-corrected chi connectivity index (χ4v) is 0.298. The first-order valence-corrected chi connectivity index (χ1v) is 3.13. The number of nitrogens with one attached hydrogen (secondary N) is 2. The summed E-state index contributed by atoms with van der Waals surface area (Å²) in [5.74, 6) is -0.361. The summed E-state index contributed by atoms with van der Waals surface area (Å²) in [6.07, 6.45) is -1.28. The molecular formula is C6H12N2O3. The molecule has 5 heteroatoms. The van der Waals surface area contributed by atoms with Gasteiger partial charge in [-0.3, -0.25) is 10.2 Å². The van der Waals surface area contributed by atoms with E-state index in [0.717, 1.165) is 0 Å². The van der Waals surface area contributed by atoms with Crippen molar-refractivity contribution in [3.05, 3.63) is 0 Å². The van der Waals surface area contributed by atoms with Crippen molar-refractivity contribution in [2.24, 2.45) is 5.41 Å². The Kier molecular flexibility index (Phi) is 2.86. The molecule has 2 amide bonds. The molecule has 0 atom stereocenters. The van der Waals surface area contributed by atoms with Crippen molar-refractivity contribution in [2.75, 3.05) is 0 Å². The number of amides is 2. The number of rotatable bonds is 0. The molecule has 0 fully saturated rings. The molecule has 0 radical (unpaired) electrons. The van der Waals surface area contributed by atoms with Crippen LogP contribution in [-0.2, 0) is 4.79 Å². The number of hydrazine groups is 1.